The zero-order chi connectivity index (χ0) is 28.9. The summed E-state index contributed by atoms with van der Waals surface area (Å²) >= 11 is 0. The highest BCUT2D eigenvalue weighted by Gasteiger charge is 2.20. The predicted octanol–water partition coefficient (Wildman–Crippen LogP) is 10.2. The number of nitrogens with zero attached hydrogens (tertiary/aromatic N) is 2. The van der Waals surface area contributed by atoms with E-state index < -0.39 is 0 Å². The molecular weight excluding hydrogens is 476 g/mol. The Morgan fingerprint density at radius 2 is 1.49 bits per heavy atom. The van der Waals surface area contributed by atoms with Crippen molar-refractivity contribution in [2.45, 2.75) is 101 Å². The van der Waals surface area contributed by atoms with E-state index in [-0.39, 0.29) is 0 Å². The van der Waals surface area contributed by atoms with Crippen LogP contribution in [0.2, 0.25) is 0 Å². The van der Waals surface area contributed by atoms with Crippen LogP contribution in [0.5, 0.6) is 0 Å². The lowest BCUT2D eigenvalue weighted by Crippen LogP contribution is -1.91. The SMILES string of the molecule is C=Cc1c(C)c2cc3nc(c(C)c4nc(cc5[nH]c(cc1[nH]2)c(C)c5CC)C(C)=C4)CC3C.CC.CCCC. The molecule has 0 fully saturated rings. The first-order valence-corrected chi connectivity index (χ1v) is 14.8. The highest BCUT2D eigenvalue weighted by molar-refractivity contribution is 5.86. The lowest BCUT2D eigenvalue weighted by Gasteiger charge is -2.00. The molecule has 4 nitrogen and oxygen atoms in total. The van der Waals surface area contributed by atoms with Crippen LogP contribution in [0.15, 0.2) is 24.8 Å². The number of nitrogens with one attached hydrogen (secondary N) is 2. The molecule has 2 aliphatic rings. The first-order valence-electron chi connectivity index (χ1n) is 14.8. The minimum absolute atomic E-state index is 0.370. The number of aromatic amines is 2. The number of fused-ring (bicyclic) bond motifs is 8. The van der Waals surface area contributed by atoms with Crippen LogP contribution in [0, 0.1) is 20.8 Å². The molecule has 2 aliphatic heterocycles. The summed E-state index contributed by atoms with van der Waals surface area (Å²) < 4.78 is 0. The van der Waals surface area contributed by atoms with E-state index in [1.54, 1.807) is 0 Å². The highest BCUT2D eigenvalue weighted by atomic mass is 14.8. The number of aryl methyl sites for hydroxylation is 3. The van der Waals surface area contributed by atoms with E-state index in [4.69, 9.17) is 9.97 Å². The Balaban J connectivity index is 0.000000644. The van der Waals surface area contributed by atoms with Crippen molar-refractivity contribution >= 4 is 39.8 Å². The first-order chi connectivity index (χ1) is 18.7. The molecule has 1 unspecified atom stereocenters. The Hall–Kier alpha value is -3.40. The lowest BCUT2D eigenvalue weighted by atomic mass is 10.0. The standard InChI is InChI=1S/C29H32N4.C4H10.C2H6/c1-8-20-18(6)27-14-29-21(9-2)17(5)26(32-29)12-22-15(3)10-24(30-22)19(7)25-11-16(4)23(31-25)13-28(20)33-27;1-3-4-2;1-2/h9,11-15,32-33H,2,8,10H2,1,3-7H3;3-4H2,1-2H3;1-2H3. The fourth-order valence-electron chi connectivity index (χ4n) is 5.14. The molecule has 0 spiro atoms. The van der Waals surface area contributed by atoms with Crippen molar-refractivity contribution in [2.75, 3.05) is 0 Å². The van der Waals surface area contributed by atoms with Gasteiger partial charge in [-0.1, -0.05) is 67.0 Å². The summed E-state index contributed by atoms with van der Waals surface area (Å²) in [6.07, 6.45) is 8.68. The van der Waals surface area contributed by atoms with E-state index >= 15 is 0 Å². The second-order valence-corrected chi connectivity index (χ2v) is 10.5. The zero-order valence-corrected chi connectivity index (χ0v) is 25.9. The Kier molecular flexibility index (Phi) is 10.1. The fraction of sp³-hybridized carbons (Fsp3) is 0.429. The van der Waals surface area contributed by atoms with Crippen LogP contribution in [0.4, 0.5) is 0 Å². The molecule has 0 saturated carbocycles. The molecule has 5 rings (SSSR count). The molecule has 8 bridgehead atoms. The number of unbranched alkanes of at least 4 members (excludes halogenated alkanes) is 1. The molecule has 0 saturated heterocycles. The van der Waals surface area contributed by atoms with E-state index in [2.05, 4.69) is 96.2 Å². The average molecular weight is 525 g/mol. The highest BCUT2D eigenvalue weighted by Crippen LogP contribution is 2.31. The molecule has 39 heavy (non-hydrogen) atoms. The van der Waals surface area contributed by atoms with Crippen molar-refractivity contribution in [2.24, 2.45) is 0 Å². The summed E-state index contributed by atoms with van der Waals surface area (Å²) in [5, 5.41) is 0. The molecule has 2 N–H and O–H groups in total. The predicted molar refractivity (Wildman–Crippen MR) is 172 cm³/mol. The van der Waals surface area contributed by atoms with E-state index in [1.807, 2.05) is 19.9 Å². The quantitative estimate of drug-likeness (QED) is 0.358. The zero-order valence-electron chi connectivity index (χ0n) is 25.9. The Morgan fingerprint density at radius 1 is 0.846 bits per heavy atom. The number of hydrogen-bond donors (Lipinski definition) is 2. The van der Waals surface area contributed by atoms with Gasteiger partial charge in [0.2, 0.25) is 0 Å². The van der Waals surface area contributed by atoms with Gasteiger partial charge in [-0.25, -0.2) is 4.98 Å². The van der Waals surface area contributed by atoms with Crippen LogP contribution in [-0.4, -0.2) is 19.9 Å². The topological polar surface area (TPSA) is 57.4 Å². The molecule has 4 heteroatoms. The van der Waals surface area contributed by atoms with Crippen molar-refractivity contribution in [3.8, 4) is 0 Å². The van der Waals surface area contributed by atoms with Gasteiger partial charge in [0.25, 0.3) is 0 Å². The summed E-state index contributed by atoms with van der Waals surface area (Å²) in [6, 6.07) is 6.63. The summed E-state index contributed by atoms with van der Waals surface area (Å²) in [4.78, 5) is 17.4. The molecule has 3 aromatic heterocycles. The maximum atomic E-state index is 5.05. The van der Waals surface area contributed by atoms with Gasteiger partial charge in [-0.05, 0) is 92.6 Å². The van der Waals surface area contributed by atoms with E-state index in [0.29, 0.717) is 5.92 Å². The molecular formula is C35H48N4. The maximum absolute atomic E-state index is 5.05. The Morgan fingerprint density at radius 3 is 2.10 bits per heavy atom. The molecule has 0 aromatic carbocycles. The third kappa shape index (κ3) is 6.11. The third-order valence-electron chi connectivity index (χ3n) is 7.82. The number of allylic oxidation sites excluding steroid dienone is 1. The minimum Gasteiger partial charge on any atom is -0.355 e. The average Bonchev–Trinajstić information content (AvgIpc) is 3.65. The smallest absolute Gasteiger partial charge is 0.0687 e. The molecule has 208 valence electrons. The van der Waals surface area contributed by atoms with Gasteiger partial charge < -0.3 is 9.97 Å². The van der Waals surface area contributed by atoms with Gasteiger partial charge in [-0.15, -0.1) is 0 Å². The monoisotopic (exact) mass is 524 g/mol. The van der Waals surface area contributed by atoms with Crippen LogP contribution in [-0.2, 0) is 12.8 Å². The fourth-order valence-corrected chi connectivity index (χ4v) is 5.14. The third-order valence-corrected chi connectivity index (χ3v) is 7.82. The number of rotatable bonds is 3. The van der Waals surface area contributed by atoms with Crippen molar-refractivity contribution in [1.82, 2.24) is 19.9 Å². The van der Waals surface area contributed by atoms with Gasteiger partial charge in [0.05, 0.1) is 11.4 Å². The normalized spacial score (nSPS) is 14.1. The molecule has 1 atom stereocenters. The molecule has 3 aromatic rings. The van der Waals surface area contributed by atoms with Gasteiger partial charge in [0.15, 0.2) is 0 Å². The van der Waals surface area contributed by atoms with E-state index in [0.717, 1.165) is 63.2 Å². The summed E-state index contributed by atoms with van der Waals surface area (Å²) in [6.45, 7) is 25.6. The van der Waals surface area contributed by atoms with E-state index in [1.165, 1.54) is 40.7 Å². The number of hydrogen-bond acceptors (Lipinski definition) is 2. The number of H-pyrrole nitrogens is 2. The maximum Gasteiger partial charge on any atom is 0.0687 e. The van der Waals surface area contributed by atoms with Crippen LogP contribution in [0.25, 0.3) is 39.8 Å². The molecule has 0 amide bonds. The second kappa shape index (κ2) is 13.1. The van der Waals surface area contributed by atoms with Gasteiger partial charge in [-0.2, -0.15) is 0 Å². The molecule has 0 aliphatic carbocycles. The van der Waals surface area contributed by atoms with Crippen molar-refractivity contribution in [3.05, 3.63) is 75.4 Å². The van der Waals surface area contributed by atoms with Crippen molar-refractivity contribution in [3.63, 3.8) is 0 Å². The van der Waals surface area contributed by atoms with Crippen LogP contribution >= 0.6 is 0 Å². The minimum atomic E-state index is 0.370. The van der Waals surface area contributed by atoms with Crippen LogP contribution in [0.3, 0.4) is 0 Å². The largest absolute Gasteiger partial charge is 0.355 e. The Bertz CT molecular complexity index is 1530. The van der Waals surface area contributed by atoms with Crippen molar-refractivity contribution < 1.29 is 0 Å². The van der Waals surface area contributed by atoms with Crippen LogP contribution < -0.4 is 0 Å². The van der Waals surface area contributed by atoms with Gasteiger partial charge in [-0.3, -0.25) is 4.98 Å². The second-order valence-electron chi connectivity index (χ2n) is 10.5. The molecule has 5 heterocycles. The molecule has 0 radical (unpaired) electrons. The van der Waals surface area contributed by atoms with Crippen LogP contribution in [0.1, 0.15) is 118 Å². The summed E-state index contributed by atoms with van der Waals surface area (Å²) in [5.41, 5.74) is 16.0. The summed E-state index contributed by atoms with van der Waals surface area (Å²) in [5.74, 6) is 0.370. The Labute approximate surface area is 235 Å². The van der Waals surface area contributed by atoms with Gasteiger partial charge in [0.1, 0.15) is 0 Å². The van der Waals surface area contributed by atoms with Crippen molar-refractivity contribution in [1.29, 1.82) is 0 Å². The summed E-state index contributed by atoms with van der Waals surface area (Å²) in [7, 11) is 0. The number of aromatic nitrogens is 4. The van der Waals surface area contributed by atoms with Gasteiger partial charge in [0, 0.05) is 44.9 Å². The lowest BCUT2D eigenvalue weighted by molar-refractivity contribution is 0.793. The van der Waals surface area contributed by atoms with Gasteiger partial charge >= 0.3 is 0 Å². The first kappa shape index (κ1) is 30.1. The van der Waals surface area contributed by atoms with E-state index in [9.17, 15) is 0 Å².